The van der Waals surface area contributed by atoms with Crippen LogP contribution in [0.4, 0.5) is 0 Å². The second-order valence-corrected chi connectivity index (χ2v) is 9.24. The highest BCUT2D eigenvalue weighted by Gasteiger charge is 2.41. The molecule has 0 saturated heterocycles. The van der Waals surface area contributed by atoms with Crippen LogP contribution in [0.5, 0.6) is 11.5 Å². The molecule has 0 spiro atoms. The second-order valence-electron chi connectivity index (χ2n) is 9.24. The fourth-order valence-electron chi connectivity index (χ4n) is 5.09. The molecular formula is C28H32O5. The molecule has 2 aromatic carbocycles. The number of carbonyl (C=O) groups excluding carboxylic acids is 3. The maximum atomic E-state index is 12.8. The Hall–Kier alpha value is -2.95. The Balaban J connectivity index is 1.37. The molecule has 1 aliphatic heterocycles. The number of Topliss-reactive ketones (excluding diaryl/α,β-unsaturated/α-hetero) is 3. The quantitative estimate of drug-likeness (QED) is 0.468. The van der Waals surface area contributed by atoms with Crippen LogP contribution in [0.15, 0.2) is 48.5 Å². The van der Waals surface area contributed by atoms with Gasteiger partial charge in [0.15, 0.2) is 28.8 Å². The number of fused-ring (bicyclic) bond motifs is 1. The molecule has 1 heterocycles. The van der Waals surface area contributed by atoms with Crippen LogP contribution in [0.2, 0.25) is 0 Å². The molecule has 5 nitrogen and oxygen atoms in total. The van der Waals surface area contributed by atoms with Gasteiger partial charge in [0.05, 0.1) is 0 Å². The van der Waals surface area contributed by atoms with E-state index in [1.165, 1.54) is 0 Å². The van der Waals surface area contributed by atoms with Crippen molar-refractivity contribution in [3.05, 3.63) is 59.7 Å². The van der Waals surface area contributed by atoms with Gasteiger partial charge in [0.25, 0.3) is 5.79 Å². The summed E-state index contributed by atoms with van der Waals surface area (Å²) in [5.74, 6) is -1.18. The van der Waals surface area contributed by atoms with Gasteiger partial charge in [-0.1, -0.05) is 50.2 Å². The van der Waals surface area contributed by atoms with E-state index in [4.69, 9.17) is 9.47 Å². The van der Waals surface area contributed by atoms with Gasteiger partial charge in [-0.25, -0.2) is 0 Å². The highest BCUT2D eigenvalue weighted by atomic mass is 16.7. The summed E-state index contributed by atoms with van der Waals surface area (Å²) in [6, 6.07) is 15.3. The smallest absolute Gasteiger partial charge is 0.251 e. The molecule has 0 unspecified atom stereocenters. The summed E-state index contributed by atoms with van der Waals surface area (Å²) in [4.78, 5) is 38.3. The molecule has 2 aliphatic rings. The van der Waals surface area contributed by atoms with Gasteiger partial charge in [0.2, 0.25) is 0 Å². The van der Waals surface area contributed by atoms with Crippen LogP contribution in [0, 0.1) is 5.92 Å². The average molecular weight is 449 g/mol. The predicted octanol–water partition coefficient (Wildman–Crippen LogP) is 5.59. The van der Waals surface area contributed by atoms with Crippen LogP contribution >= 0.6 is 0 Å². The third-order valence-corrected chi connectivity index (χ3v) is 6.65. The van der Waals surface area contributed by atoms with E-state index in [9.17, 15) is 14.4 Å². The Labute approximate surface area is 195 Å². The third kappa shape index (κ3) is 5.02. The first-order chi connectivity index (χ1) is 15.9. The van der Waals surface area contributed by atoms with Gasteiger partial charge in [-0.05, 0) is 48.4 Å². The number of benzene rings is 2. The number of rotatable bonds is 9. The monoisotopic (exact) mass is 448 g/mol. The lowest BCUT2D eigenvalue weighted by Gasteiger charge is -2.26. The highest BCUT2D eigenvalue weighted by molar-refractivity contribution is 6.21. The fourth-order valence-corrected chi connectivity index (χ4v) is 5.09. The van der Waals surface area contributed by atoms with Crippen LogP contribution in [0.3, 0.4) is 0 Å². The second kappa shape index (κ2) is 9.90. The summed E-state index contributed by atoms with van der Waals surface area (Å²) in [6.45, 7) is 4.22. The molecule has 5 heteroatoms. The number of hydrogen-bond donors (Lipinski definition) is 0. The molecule has 2 aromatic rings. The van der Waals surface area contributed by atoms with Crippen molar-refractivity contribution in [1.82, 2.24) is 0 Å². The molecule has 1 aliphatic carbocycles. The van der Waals surface area contributed by atoms with Crippen LogP contribution in [0.1, 0.15) is 75.8 Å². The number of hydrogen-bond acceptors (Lipinski definition) is 5. The predicted molar refractivity (Wildman–Crippen MR) is 125 cm³/mol. The maximum Gasteiger partial charge on any atom is 0.251 e. The SMILES string of the molecule is CCCC1(CCC)Oc2ccc(CCC(=O)C3C(=O)CC(c4ccccc4)CC3=O)cc2O1. The Kier molecular flexibility index (Phi) is 6.96. The zero-order valence-electron chi connectivity index (χ0n) is 19.5. The van der Waals surface area contributed by atoms with E-state index < -0.39 is 11.7 Å². The van der Waals surface area contributed by atoms with Crippen LogP contribution in [-0.2, 0) is 20.8 Å². The summed E-state index contributed by atoms with van der Waals surface area (Å²) in [7, 11) is 0. The Morgan fingerprint density at radius 3 is 2.18 bits per heavy atom. The van der Waals surface area contributed by atoms with E-state index in [2.05, 4.69) is 13.8 Å². The number of ketones is 3. The van der Waals surface area contributed by atoms with Gasteiger partial charge < -0.3 is 9.47 Å². The van der Waals surface area contributed by atoms with Crippen molar-refractivity contribution in [2.24, 2.45) is 5.92 Å². The largest absolute Gasteiger partial charge is 0.448 e. The van der Waals surface area contributed by atoms with Gasteiger partial charge in [-0.15, -0.1) is 0 Å². The summed E-state index contributed by atoms with van der Waals surface area (Å²) >= 11 is 0. The molecule has 0 bridgehead atoms. The Morgan fingerprint density at radius 2 is 1.55 bits per heavy atom. The van der Waals surface area contributed by atoms with Crippen molar-refractivity contribution in [1.29, 1.82) is 0 Å². The fraction of sp³-hybridized carbons (Fsp3) is 0.464. The van der Waals surface area contributed by atoms with Gasteiger partial charge in [-0.3, -0.25) is 14.4 Å². The summed E-state index contributed by atoms with van der Waals surface area (Å²) < 4.78 is 12.4. The summed E-state index contributed by atoms with van der Waals surface area (Å²) in [6.07, 6.45) is 4.67. The van der Waals surface area contributed by atoms with E-state index in [-0.39, 0.29) is 42.5 Å². The van der Waals surface area contributed by atoms with E-state index in [1.54, 1.807) is 0 Å². The van der Waals surface area contributed by atoms with Crippen molar-refractivity contribution in [3.8, 4) is 11.5 Å². The molecule has 1 saturated carbocycles. The zero-order valence-corrected chi connectivity index (χ0v) is 19.5. The lowest BCUT2D eigenvalue weighted by Crippen LogP contribution is -2.38. The van der Waals surface area contributed by atoms with E-state index in [1.807, 2.05) is 48.5 Å². The number of carbonyl (C=O) groups is 3. The van der Waals surface area contributed by atoms with Gasteiger partial charge in [-0.2, -0.15) is 0 Å². The topological polar surface area (TPSA) is 69.7 Å². The van der Waals surface area contributed by atoms with Gasteiger partial charge in [0, 0.05) is 32.1 Å². The lowest BCUT2D eigenvalue weighted by molar-refractivity contribution is -0.142. The molecule has 0 N–H and O–H groups in total. The molecule has 33 heavy (non-hydrogen) atoms. The van der Waals surface area contributed by atoms with Crippen molar-refractivity contribution in [2.45, 2.75) is 76.9 Å². The summed E-state index contributed by atoms with van der Waals surface area (Å²) in [5, 5.41) is 0. The molecule has 0 radical (unpaired) electrons. The standard InChI is InChI=1S/C28H32O5/c1-3-14-28(15-4-2)32-25-13-11-19(16-26(25)33-28)10-12-22(29)27-23(30)17-21(18-24(27)31)20-8-6-5-7-9-20/h5-9,11,13,16,21,27H,3-4,10,12,14-15,17-18H2,1-2H3. The van der Waals surface area contributed by atoms with Crippen LogP contribution in [0.25, 0.3) is 0 Å². The van der Waals surface area contributed by atoms with Crippen molar-refractivity contribution in [3.63, 3.8) is 0 Å². The molecule has 174 valence electrons. The minimum absolute atomic E-state index is 0.129. The highest BCUT2D eigenvalue weighted by Crippen LogP contribution is 2.44. The number of aryl methyl sites for hydroxylation is 1. The first-order valence-electron chi connectivity index (χ1n) is 12.1. The van der Waals surface area contributed by atoms with Crippen LogP contribution < -0.4 is 9.47 Å². The Morgan fingerprint density at radius 1 is 0.909 bits per heavy atom. The summed E-state index contributed by atoms with van der Waals surface area (Å²) in [5.41, 5.74) is 1.92. The molecule has 0 atom stereocenters. The van der Waals surface area contributed by atoms with Crippen molar-refractivity contribution in [2.75, 3.05) is 0 Å². The van der Waals surface area contributed by atoms with Crippen molar-refractivity contribution >= 4 is 17.3 Å². The lowest BCUT2D eigenvalue weighted by atomic mass is 9.74. The average Bonchev–Trinajstić information content (AvgIpc) is 3.15. The minimum atomic E-state index is -1.11. The minimum Gasteiger partial charge on any atom is -0.448 e. The molecule has 0 amide bonds. The van der Waals surface area contributed by atoms with E-state index in [0.29, 0.717) is 12.2 Å². The van der Waals surface area contributed by atoms with Crippen molar-refractivity contribution < 1.29 is 23.9 Å². The molecule has 4 rings (SSSR count). The zero-order chi connectivity index (χ0) is 23.4. The van der Waals surface area contributed by atoms with Crippen LogP contribution in [-0.4, -0.2) is 23.1 Å². The molecular weight excluding hydrogens is 416 g/mol. The first-order valence-corrected chi connectivity index (χ1v) is 12.1. The first kappa shape index (κ1) is 23.2. The third-order valence-electron chi connectivity index (χ3n) is 6.65. The van der Waals surface area contributed by atoms with E-state index in [0.717, 1.165) is 42.6 Å². The number of ether oxygens (including phenoxy) is 2. The van der Waals surface area contributed by atoms with Gasteiger partial charge in [0.1, 0.15) is 5.92 Å². The molecule has 1 fully saturated rings. The van der Waals surface area contributed by atoms with E-state index >= 15 is 0 Å². The maximum absolute atomic E-state index is 12.8. The normalized spacial score (nSPS) is 21.3. The van der Waals surface area contributed by atoms with Gasteiger partial charge >= 0.3 is 0 Å². The molecule has 0 aromatic heterocycles. The Bertz CT molecular complexity index is 1000.